The molecule has 110 valence electrons. The van der Waals surface area contributed by atoms with Gasteiger partial charge < -0.3 is 4.74 Å². The van der Waals surface area contributed by atoms with Crippen molar-refractivity contribution in [1.82, 2.24) is 0 Å². The number of unbranched alkanes of at least 4 members (excludes halogenated alkanes) is 1. The van der Waals surface area contributed by atoms with Gasteiger partial charge in [0.05, 0.1) is 6.61 Å². The van der Waals surface area contributed by atoms with E-state index in [0.717, 1.165) is 37.0 Å². The number of carbonyl (C=O) groups excluding carboxylic acids is 1. The predicted molar refractivity (Wildman–Crippen MR) is 87.1 cm³/mol. The molecule has 0 saturated heterocycles. The summed E-state index contributed by atoms with van der Waals surface area (Å²) < 4.78 is 5.79. The van der Waals surface area contributed by atoms with Gasteiger partial charge in [-0.2, -0.15) is 0 Å². The topological polar surface area (TPSA) is 26.3 Å². The van der Waals surface area contributed by atoms with Crippen LogP contribution in [0.3, 0.4) is 0 Å². The number of benzene rings is 2. The van der Waals surface area contributed by atoms with Gasteiger partial charge in [0.2, 0.25) is 0 Å². The van der Waals surface area contributed by atoms with Gasteiger partial charge in [0, 0.05) is 5.56 Å². The fraction of sp³-hybridized carbons (Fsp3) is 0.316. The molecule has 2 aromatic rings. The van der Waals surface area contributed by atoms with E-state index in [0.29, 0.717) is 5.56 Å². The highest BCUT2D eigenvalue weighted by atomic mass is 16.5. The van der Waals surface area contributed by atoms with E-state index < -0.39 is 0 Å². The summed E-state index contributed by atoms with van der Waals surface area (Å²) in [6.45, 7) is 7.09. The fourth-order valence-electron chi connectivity index (χ4n) is 2.56. The quantitative estimate of drug-likeness (QED) is 0.553. The molecule has 0 spiro atoms. The summed E-state index contributed by atoms with van der Waals surface area (Å²) in [5.41, 5.74) is 5.31. The lowest BCUT2D eigenvalue weighted by molar-refractivity contribution is 0.112. The SMILES string of the molecule is CCCCOc1cc(C)c(-c2cccc(C=O)c2)c(C)c1. The molecule has 0 heterocycles. The van der Waals surface area contributed by atoms with Gasteiger partial charge in [-0.1, -0.05) is 31.5 Å². The summed E-state index contributed by atoms with van der Waals surface area (Å²) in [7, 11) is 0. The van der Waals surface area contributed by atoms with Crippen LogP contribution in [0.5, 0.6) is 5.75 Å². The Morgan fingerprint density at radius 3 is 2.43 bits per heavy atom. The Morgan fingerprint density at radius 1 is 1.10 bits per heavy atom. The predicted octanol–water partition coefficient (Wildman–Crippen LogP) is 4.96. The van der Waals surface area contributed by atoms with Crippen molar-refractivity contribution in [2.24, 2.45) is 0 Å². The number of rotatable bonds is 6. The average Bonchev–Trinajstić information content (AvgIpc) is 2.47. The minimum atomic E-state index is 0.703. The zero-order valence-electron chi connectivity index (χ0n) is 13.0. The lowest BCUT2D eigenvalue weighted by Gasteiger charge is -2.14. The Labute approximate surface area is 126 Å². The van der Waals surface area contributed by atoms with Crippen molar-refractivity contribution in [2.45, 2.75) is 33.6 Å². The maximum Gasteiger partial charge on any atom is 0.150 e. The molecule has 0 amide bonds. The van der Waals surface area contributed by atoms with Crippen LogP contribution in [0.2, 0.25) is 0 Å². The molecule has 0 radical (unpaired) electrons. The first-order valence-electron chi connectivity index (χ1n) is 7.45. The van der Waals surface area contributed by atoms with Gasteiger partial charge in [-0.3, -0.25) is 4.79 Å². The minimum Gasteiger partial charge on any atom is -0.494 e. The normalized spacial score (nSPS) is 10.4. The van der Waals surface area contributed by atoms with E-state index in [-0.39, 0.29) is 0 Å². The first kappa shape index (κ1) is 15.3. The van der Waals surface area contributed by atoms with Crippen molar-refractivity contribution in [3.8, 4) is 16.9 Å². The molecular formula is C19H22O2. The van der Waals surface area contributed by atoms with E-state index in [1.165, 1.54) is 16.7 Å². The van der Waals surface area contributed by atoms with Crippen molar-refractivity contribution in [3.05, 3.63) is 53.1 Å². The summed E-state index contributed by atoms with van der Waals surface area (Å²) >= 11 is 0. The van der Waals surface area contributed by atoms with E-state index in [1.54, 1.807) is 0 Å². The number of aldehydes is 1. The van der Waals surface area contributed by atoms with Gasteiger partial charge in [-0.25, -0.2) is 0 Å². The Morgan fingerprint density at radius 2 is 1.81 bits per heavy atom. The van der Waals surface area contributed by atoms with Crippen LogP contribution in [0.25, 0.3) is 11.1 Å². The molecule has 2 aromatic carbocycles. The van der Waals surface area contributed by atoms with Gasteiger partial charge in [0.15, 0.2) is 0 Å². The molecule has 0 fully saturated rings. The third-order valence-corrected chi connectivity index (χ3v) is 3.58. The van der Waals surface area contributed by atoms with Crippen molar-refractivity contribution in [1.29, 1.82) is 0 Å². The zero-order chi connectivity index (χ0) is 15.2. The summed E-state index contributed by atoms with van der Waals surface area (Å²) in [5.74, 6) is 0.925. The van der Waals surface area contributed by atoms with Gasteiger partial charge in [0.1, 0.15) is 12.0 Å². The van der Waals surface area contributed by atoms with E-state index >= 15 is 0 Å². The number of ether oxygens (including phenoxy) is 1. The lowest BCUT2D eigenvalue weighted by Crippen LogP contribution is -1.98. The van der Waals surface area contributed by atoms with Crippen molar-refractivity contribution in [3.63, 3.8) is 0 Å². The molecule has 0 unspecified atom stereocenters. The highest BCUT2D eigenvalue weighted by Gasteiger charge is 2.09. The lowest BCUT2D eigenvalue weighted by atomic mass is 9.94. The summed E-state index contributed by atoms with van der Waals surface area (Å²) in [4.78, 5) is 10.9. The van der Waals surface area contributed by atoms with Crippen LogP contribution >= 0.6 is 0 Å². The van der Waals surface area contributed by atoms with E-state index in [4.69, 9.17) is 4.74 Å². The van der Waals surface area contributed by atoms with Crippen LogP contribution in [0.1, 0.15) is 41.3 Å². The maximum absolute atomic E-state index is 10.9. The van der Waals surface area contributed by atoms with Crippen LogP contribution in [0.4, 0.5) is 0 Å². The van der Waals surface area contributed by atoms with Gasteiger partial charge >= 0.3 is 0 Å². The highest BCUT2D eigenvalue weighted by Crippen LogP contribution is 2.31. The summed E-state index contributed by atoms with van der Waals surface area (Å²) in [6, 6.07) is 11.9. The van der Waals surface area contributed by atoms with Crippen molar-refractivity contribution < 1.29 is 9.53 Å². The van der Waals surface area contributed by atoms with E-state index in [9.17, 15) is 4.79 Å². The zero-order valence-corrected chi connectivity index (χ0v) is 13.0. The molecule has 0 aliphatic rings. The number of aryl methyl sites for hydroxylation is 2. The highest BCUT2D eigenvalue weighted by molar-refractivity contribution is 5.80. The first-order chi connectivity index (χ1) is 10.2. The van der Waals surface area contributed by atoms with Crippen LogP contribution < -0.4 is 4.74 Å². The maximum atomic E-state index is 10.9. The standard InChI is InChI=1S/C19H22O2/c1-4-5-9-21-18-10-14(2)19(15(3)11-18)17-8-6-7-16(12-17)13-20/h6-8,10-13H,4-5,9H2,1-3H3. The molecular weight excluding hydrogens is 260 g/mol. The molecule has 21 heavy (non-hydrogen) atoms. The molecule has 0 bridgehead atoms. The summed E-state index contributed by atoms with van der Waals surface area (Å²) in [5, 5.41) is 0. The fourth-order valence-corrected chi connectivity index (χ4v) is 2.56. The molecule has 2 rings (SSSR count). The Balaban J connectivity index is 2.34. The molecule has 2 nitrogen and oxygen atoms in total. The number of carbonyl (C=O) groups is 1. The molecule has 0 aromatic heterocycles. The second-order valence-corrected chi connectivity index (χ2v) is 5.38. The second kappa shape index (κ2) is 7.07. The average molecular weight is 282 g/mol. The van der Waals surface area contributed by atoms with E-state index in [1.807, 2.05) is 24.3 Å². The van der Waals surface area contributed by atoms with Crippen LogP contribution in [-0.4, -0.2) is 12.9 Å². The minimum absolute atomic E-state index is 0.703. The third kappa shape index (κ3) is 3.72. The number of hydrogen-bond acceptors (Lipinski definition) is 2. The van der Waals surface area contributed by atoms with Gasteiger partial charge in [0.25, 0.3) is 0 Å². The summed E-state index contributed by atoms with van der Waals surface area (Å²) in [6.07, 6.45) is 3.09. The molecule has 0 aliphatic carbocycles. The van der Waals surface area contributed by atoms with Crippen LogP contribution in [0.15, 0.2) is 36.4 Å². The largest absolute Gasteiger partial charge is 0.494 e. The van der Waals surface area contributed by atoms with Crippen LogP contribution in [0, 0.1) is 13.8 Å². The monoisotopic (exact) mass is 282 g/mol. The molecule has 2 heteroatoms. The van der Waals surface area contributed by atoms with E-state index in [2.05, 4.69) is 32.9 Å². The Hall–Kier alpha value is -2.09. The van der Waals surface area contributed by atoms with Gasteiger partial charge in [-0.05, 0) is 60.7 Å². The molecule has 0 aliphatic heterocycles. The number of hydrogen-bond donors (Lipinski definition) is 0. The molecule has 0 N–H and O–H groups in total. The van der Waals surface area contributed by atoms with Crippen molar-refractivity contribution in [2.75, 3.05) is 6.61 Å². The third-order valence-electron chi connectivity index (χ3n) is 3.58. The van der Waals surface area contributed by atoms with Gasteiger partial charge in [-0.15, -0.1) is 0 Å². The van der Waals surface area contributed by atoms with Crippen molar-refractivity contribution >= 4 is 6.29 Å². The Bertz CT molecular complexity index is 606. The second-order valence-electron chi connectivity index (χ2n) is 5.38. The molecule has 0 atom stereocenters. The van der Waals surface area contributed by atoms with Crippen LogP contribution in [-0.2, 0) is 0 Å². The first-order valence-corrected chi connectivity index (χ1v) is 7.45. The Kier molecular flexibility index (Phi) is 5.15. The smallest absolute Gasteiger partial charge is 0.150 e. The molecule has 0 saturated carbocycles.